The first-order valence-corrected chi connectivity index (χ1v) is 14.3. The van der Waals surface area contributed by atoms with Gasteiger partial charge in [0.05, 0.1) is 26.4 Å². The van der Waals surface area contributed by atoms with Crippen LogP contribution in [0.15, 0.2) is 22.2 Å². The van der Waals surface area contributed by atoms with Gasteiger partial charge in [0.15, 0.2) is 0 Å². The number of nitrogens with zero attached hydrogens (tertiary/aromatic N) is 6. The summed E-state index contributed by atoms with van der Waals surface area (Å²) in [6, 6.07) is 4.19. The molecule has 2 aromatic heterocycles. The lowest BCUT2D eigenvalue weighted by atomic mass is 10.2. The Balaban J connectivity index is 1.13. The summed E-state index contributed by atoms with van der Waals surface area (Å²) in [5.41, 5.74) is 2.07. The molecule has 10 heteroatoms. The summed E-state index contributed by atoms with van der Waals surface area (Å²) in [7, 11) is 0. The van der Waals surface area contributed by atoms with E-state index in [0.717, 1.165) is 97.4 Å². The van der Waals surface area contributed by atoms with E-state index in [1.165, 1.54) is 25.7 Å². The smallest absolute Gasteiger partial charge is 0.226 e. The van der Waals surface area contributed by atoms with Crippen LogP contribution in [0.25, 0.3) is 0 Å². The van der Waals surface area contributed by atoms with E-state index in [0.29, 0.717) is 0 Å². The predicted molar refractivity (Wildman–Crippen MR) is 140 cm³/mol. The molecule has 186 valence electrons. The van der Waals surface area contributed by atoms with Crippen molar-refractivity contribution in [2.45, 2.75) is 49.6 Å². The summed E-state index contributed by atoms with van der Waals surface area (Å²) >= 11 is 3.69. The van der Waals surface area contributed by atoms with Gasteiger partial charge in [-0.3, -0.25) is 0 Å². The normalized spacial score (nSPS) is 16.8. The Morgan fingerprint density at radius 2 is 1.06 bits per heavy atom. The van der Waals surface area contributed by atoms with Crippen LogP contribution in [-0.2, 0) is 9.47 Å². The second-order valence-corrected chi connectivity index (χ2v) is 10.8. The highest BCUT2D eigenvalue weighted by atomic mass is 32.2. The third-order valence-electron chi connectivity index (χ3n) is 5.76. The lowest BCUT2D eigenvalue weighted by Gasteiger charge is -2.27. The van der Waals surface area contributed by atoms with Crippen LogP contribution in [0.2, 0.25) is 0 Å². The van der Waals surface area contributed by atoms with Crippen LogP contribution in [0.4, 0.5) is 11.9 Å². The molecule has 0 radical (unpaired) electrons. The molecule has 2 aliphatic rings. The van der Waals surface area contributed by atoms with Crippen molar-refractivity contribution in [2.75, 3.05) is 73.9 Å². The first-order valence-electron chi connectivity index (χ1n) is 12.3. The van der Waals surface area contributed by atoms with Crippen LogP contribution in [0.1, 0.15) is 37.1 Å². The minimum atomic E-state index is 0.754. The summed E-state index contributed by atoms with van der Waals surface area (Å²) in [5.74, 6) is 3.89. The number of hydrogen-bond donors (Lipinski definition) is 0. The van der Waals surface area contributed by atoms with Gasteiger partial charge in [0.1, 0.15) is 10.1 Å². The van der Waals surface area contributed by atoms with Crippen molar-refractivity contribution in [2.24, 2.45) is 0 Å². The van der Waals surface area contributed by atoms with E-state index in [-0.39, 0.29) is 0 Å². The number of morpholine rings is 2. The molecule has 2 saturated heterocycles. The van der Waals surface area contributed by atoms with Crippen molar-refractivity contribution in [1.82, 2.24) is 19.9 Å². The van der Waals surface area contributed by atoms with Crippen molar-refractivity contribution in [3.8, 4) is 0 Å². The van der Waals surface area contributed by atoms with E-state index < -0.39 is 0 Å². The van der Waals surface area contributed by atoms with Gasteiger partial charge in [-0.2, -0.15) is 0 Å². The highest BCUT2D eigenvalue weighted by Gasteiger charge is 2.16. The third-order valence-corrected chi connectivity index (χ3v) is 7.76. The average molecular weight is 505 g/mol. The molecule has 2 fully saturated rings. The molecule has 4 heterocycles. The molecule has 0 saturated carbocycles. The van der Waals surface area contributed by atoms with Gasteiger partial charge in [0, 0.05) is 37.6 Å². The summed E-state index contributed by atoms with van der Waals surface area (Å²) in [6.07, 6.45) is 4.91. The Morgan fingerprint density at radius 3 is 1.47 bits per heavy atom. The molecule has 0 N–H and O–H groups in total. The molecule has 0 bridgehead atoms. The average Bonchev–Trinajstić information content (AvgIpc) is 2.86. The van der Waals surface area contributed by atoms with Crippen LogP contribution < -0.4 is 9.80 Å². The first kappa shape index (κ1) is 25.5. The monoisotopic (exact) mass is 504 g/mol. The quantitative estimate of drug-likeness (QED) is 0.255. The maximum Gasteiger partial charge on any atom is 0.226 e. The first-order chi connectivity index (χ1) is 16.7. The number of ether oxygens (including phenoxy) is 2. The van der Waals surface area contributed by atoms with E-state index in [4.69, 9.17) is 19.4 Å². The van der Waals surface area contributed by atoms with Gasteiger partial charge < -0.3 is 19.3 Å². The number of anilines is 2. The molecule has 8 nitrogen and oxygen atoms in total. The Labute approximate surface area is 211 Å². The van der Waals surface area contributed by atoms with Crippen LogP contribution in [0.5, 0.6) is 0 Å². The molecule has 0 amide bonds. The van der Waals surface area contributed by atoms with E-state index in [1.807, 2.05) is 23.5 Å². The van der Waals surface area contributed by atoms with Crippen molar-refractivity contribution < 1.29 is 9.47 Å². The molecule has 2 aromatic rings. The fraction of sp³-hybridized carbons (Fsp3) is 0.667. The number of thioether (sulfide) groups is 2. The summed E-state index contributed by atoms with van der Waals surface area (Å²) < 4.78 is 10.9. The molecule has 0 unspecified atom stereocenters. The van der Waals surface area contributed by atoms with Crippen molar-refractivity contribution >= 4 is 35.4 Å². The lowest BCUT2D eigenvalue weighted by molar-refractivity contribution is 0.122. The minimum Gasteiger partial charge on any atom is -0.378 e. The number of unbranched alkanes of at least 4 members (excludes halogenated alkanes) is 3. The van der Waals surface area contributed by atoms with Gasteiger partial charge in [-0.05, 0) is 50.3 Å². The van der Waals surface area contributed by atoms with Gasteiger partial charge in [-0.25, -0.2) is 19.9 Å². The van der Waals surface area contributed by atoms with E-state index in [1.54, 1.807) is 0 Å². The number of rotatable bonds is 11. The molecule has 0 spiro atoms. The molecular formula is C24H36N6O2S2. The van der Waals surface area contributed by atoms with E-state index in [9.17, 15) is 0 Å². The number of aromatic nitrogens is 4. The maximum absolute atomic E-state index is 5.45. The predicted octanol–water partition coefficient (Wildman–Crippen LogP) is 4.00. The molecule has 0 atom stereocenters. The van der Waals surface area contributed by atoms with Gasteiger partial charge in [-0.1, -0.05) is 12.8 Å². The Bertz CT molecular complexity index is 834. The van der Waals surface area contributed by atoms with Gasteiger partial charge in [-0.15, -0.1) is 23.5 Å². The van der Waals surface area contributed by atoms with Crippen molar-refractivity contribution in [3.63, 3.8) is 0 Å². The minimum absolute atomic E-state index is 0.754. The van der Waals surface area contributed by atoms with E-state index >= 15 is 0 Å². The fourth-order valence-electron chi connectivity index (χ4n) is 3.92. The Kier molecular flexibility index (Phi) is 10.1. The zero-order valence-electron chi connectivity index (χ0n) is 20.4. The van der Waals surface area contributed by atoms with Gasteiger partial charge >= 0.3 is 0 Å². The second kappa shape index (κ2) is 13.5. The largest absolute Gasteiger partial charge is 0.378 e. The van der Waals surface area contributed by atoms with Crippen LogP contribution in [0, 0.1) is 13.8 Å². The highest BCUT2D eigenvalue weighted by molar-refractivity contribution is 7.99. The van der Waals surface area contributed by atoms with Crippen LogP contribution in [-0.4, -0.2) is 84.0 Å². The topological polar surface area (TPSA) is 76.5 Å². The molecule has 34 heavy (non-hydrogen) atoms. The summed E-state index contributed by atoms with van der Waals surface area (Å²) in [6.45, 7) is 10.6. The van der Waals surface area contributed by atoms with Crippen molar-refractivity contribution in [1.29, 1.82) is 0 Å². The standard InChI is InChI=1S/C24H36N6O2S2/c1-19-17-21(27-23(25-19)29-7-11-31-12-8-29)33-15-5-3-4-6-16-34-22-18-20(2)26-24(28-22)30-9-13-32-14-10-30/h17-18H,3-16H2,1-2H3. The Morgan fingerprint density at radius 1 is 0.647 bits per heavy atom. The van der Waals surface area contributed by atoms with Crippen molar-refractivity contribution in [3.05, 3.63) is 23.5 Å². The SMILES string of the molecule is Cc1cc(SCCCCCCSc2cc(C)nc(N3CCOCC3)n2)nc(N2CCOCC2)n1. The zero-order chi connectivity index (χ0) is 23.6. The van der Waals surface area contributed by atoms with Crippen LogP contribution in [0.3, 0.4) is 0 Å². The second-order valence-electron chi connectivity index (χ2n) is 8.61. The highest BCUT2D eigenvalue weighted by Crippen LogP contribution is 2.24. The molecular weight excluding hydrogens is 468 g/mol. The van der Waals surface area contributed by atoms with Gasteiger partial charge in [0.2, 0.25) is 11.9 Å². The fourth-order valence-corrected chi connectivity index (χ4v) is 5.83. The third kappa shape index (κ3) is 7.96. The molecule has 0 aliphatic carbocycles. The van der Waals surface area contributed by atoms with Gasteiger partial charge in [0.25, 0.3) is 0 Å². The number of hydrogen-bond acceptors (Lipinski definition) is 10. The van der Waals surface area contributed by atoms with Crippen LogP contribution >= 0.6 is 23.5 Å². The Hall–Kier alpha value is -1.62. The molecule has 2 aliphatic heterocycles. The number of aryl methyl sites for hydroxylation is 2. The summed E-state index contributed by atoms with van der Waals surface area (Å²) in [5, 5.41) is 2.17. The lowest BCUT2D eigenvalue weighted by Crippen LogP contribution is -2.37. The van der Waals surface area contributed by atoms with E-state index in [2.05, 4.69) is 45.7 Å². The zero-order valence-corrected chi connectivity index (χ0v) is 22.0. The molecule has 4 rings (SSSR count). The summed E-state index contributed by atoms with van der Waals surface area (Å²) in [4.78, 5) is 23.3. The molecule has 0 aromatic carbocycles. The maximum atomic E-state index is 5.45.